The topological polar surface area (TPSA) is 148 Å². The number of rotatable bonds is 3. The molecule has 0 aliphatic carbocycles. The largest absolute Gasteiger partial charge is 0.394 e. The van der Waals surface area contributed by atoms with Crippen molar-refractivity contribution in [3.63, 3.8) is 0 Å². The Morgan fingerprint density at radius 3 is 3.15 bits per heavy atom. The Kier molecular flexibility index (Phi) is 3.11. The van der Waals surface area contributed by atoms with Crippen LogP contribution in [0.2, 0.25) is 0 Å². The van der Waals surface area contributed by atoms with E-state index in [0.717, 1.165) is 0 Å². The predicted octanol–water partition coefficient (Wildman–Crippen LogP) is 0.367. The Hall–Kier alpha value is -2.42. The van der Waals surface area contributed by atoms with Crippen molar-refractivity contribution in [1.29, 1.82) is 0 Å². The monoisotopic (exact) mass is 276 g/mol. The fraction of sp³-hybridized carbons (Fsp3) is 0.500. The molecule has 2 aromatic heterocycles. The lowest BCUT2D eigenvalue weighted by Gasteiger charge is -2.16. The Labute approximate surface area is 112 Å². The number of hydrogen-bond donors (Lipinski definition) is 2. The summed E-state index contributed by atoms with van der Waals surface area (Å²) in [6.45, 7) is -0.141. The van der Waals surface area contributed by atoms with Gasteiger partial charge in [0.05, 0.1) is 25.1 Å². The molecule has 3 atom stereocenters. The molecule has 3 rings (SSSR count). The molecule has 3 N–H and O–H groups in total. The summed E-state index contributed by atoms with van der Waals surface area (Å²) >= 11 is 0. The van der Waals surface area contributed by atoms with Gasteiger partial charge in [-0.25, -0.2) is 15.0 Å². The number of anilines is 1. The number of aliphatic hydroxyl groups excluding tert-OH is 1. The second-order valence-electron chi connectivity index (χ2n) is 4.42. The van der Waals surface area contributed by atoms with Gasteiger partial charge in [0.2, 0.25) is 0 Å². The lowest BCUT2D eigenvalue weighted by atomic mass is 10.2. The Balaban J connectivity index is 2.05. The van der Waals surface area contributed by atoms with E-state index in [1.54, 1.807) is 4.57 Å². The molecular weight excluding hydrogens is 264 g/mol. The van der Waals surface area contributed by atoms with E-state index in [1.807, 2.05) is 0 Å². The molecule has 1 aliphatic heterocycles. The minimum absolute atomic E-state index is 0.141. The molecular formula is C10H12N8O2. The minimum Gasteiger partial charge on any atom is -0.394 e. The number of fused-ring (bicyclic) bond motifs is 1. The van der Waals surface area contributed by atoms with E-state index >= 15 is 0 Å². The molecule has 2 aromatic rings. The van der Waals surface area contributed by atoms with E-state index in [4.69, 9.17) is 16.0 Å². The zero-order chi connectivity index (χ0) is 14.1. The highest BCUT2D eigenvalue weighted by atomic mass is 16.5. The van der Waals surface area contributed by atoms with Crippen molar-refractivity contribution in [2.75, 3.05) is 12.3 Å². The van der Waals surface area contributed by atoms with E-state index in [2.05, 4.69) is 25.0 Å². The molecule has 0 saturated carbocycles. The SMILES string of the molecule is [N-]=[N+]=NC1C[C@@H](CO)O[C@H]1n1cnc2c(N)ncnc21. The standard InChI is InChI=1S/C10H12N8O2/c11-8-7-9(14-3-13-8)18(4-15-7)10-6(16-17-12)1-5(2-19)20-10/h3-6,10,19H,1-2H2,(H2,11,13,14)/t5-,6?,10+/m0/s1. The number of imidazole rings is 1. The predicted molar refractivity (Wildman–Crippen MR) is 68.3 cm³/mol. The van der Waals surface area contributed by atoms with Crippen molar-refractivity contribution in [3.05, 3.63) is 23.1 Å². The summed E-state index contributed by atoms with van der Waals surface area (Å²) < 4.78 is 7.32. The first-order valence-electron chi connectivity index (χ1n) is 5.98. The van der Waals surface area contributed by atoms with Crippen molar-refractivity contribution in [3.8, 4) is 0 Å². The van der Waals surface area contributed by atoms with Crippen LogP contribution in [0, 0.1) is 0 Å². The number of nitrogens with two attached hydrogens (primary N) is 1. The van der Waals surface area contributed by atoms with Crippen LogP contribution in [0.5, 0.6) is 0 Å². The van der Waals surface area contributed by atoms with Crippen LogP contribution in [-0.2, 0) is 4.74 Å². The molecule has 20 heavy (non-hydrogen) atoms. The molecule has 0 radical (unpaired) electrons. The number of aliphatic hydroxyl groups is 1. The number of nitrogens with zero attached hydrogens (tertiary/aromatic N) is 7. The number of ether oxygens (including phenoxy) is 1. The van der Waals surface area contributed by atoms with E-state index in [1.165, 1.54) is 12.7 Å². The molecule has 1 aliphatic rings. The first-order valence-corrected chi connectivity index (χ1v) is 5.98. The summed E-state index contributed by atoms with van der Waals surface area (Å²) in [4.78, 5) is 14.9. The first kappa shape index (κ1) is 12.6. The fourth-order valence-corrected chi connectivity index (χ4v) is 2.32. The summed E-state index contributed by atoms with van der Waals surface area (Å²) in [5.74, 6) is 0.269. The molecule has 104 valence electrons. The van der Waals surface area contributed by atoms with Gasteiger partial charge in [0.15, 0.2) is 11.5 Å². The van der Waals surface area contributed by atoms with Crippen LogP contribution >= 0.6 is 0 Å². The fourth-order valence-electron chi connectivity index (χ4n) is 2.32. The van der Waals surface area contributed by atoms with Crippen LogP contribution in [0.25, 0.3) is 21.6 Å². The van der Waals surface area contributed by atoms with Gasteiger partial charge in [0.25, 0.3) is 0 Å². The molecule has 10 nitrogen and oxygen atoms in total. The normalized spacial score (nSPS) is 25.8. The van der Waals surface area contributed by atoms with Crippen LogP contribution in [0.1, 0.15) is 12.6 Å². The third-order valence-electron chi connectivity index (χ3n) is 3.23. The zero-order valence-electron chi connectivity index (χ0n) is 10.4. The van der Waals surface area contributed by atoms with Crippen LogP contribution < -0.4 is 5.73 Å². The van der Waals surface area contributed by atoms with Gasteiger partial charge in [0, 0.05) is 4.91 Å². The van der Waals surface area contributed by atoms with Crippen molar-refractivity contribution in [1.82, 2.24) is 19.5 Å². The van der Waals surface area contributed by atoms with Gasteiger partial charge in [0.1, 0.15) is 18.1 Å². The molecule has 1 unspecified atom stereocenters. The van der Waals surface area contributed by atoms with Gasteiger partial charge in [-0.1, -0.05) is 5.11 Å². The van der Waals surface area contributed by atoms with Crippen molar-refractivity contribution in [2.45, 2.75) is 24.8 Å². The maximum absolute atomic E-state index is 9.19. The lowest BCUT2D eigenvalue weighted by Crippen LogP contribution is -2.18. The Morgan fingerprint density at radius 1 is 1.55 bits per heavy atom. The van der Waals surface area contributed by atoms with Crippen molar-refractivity contribution >= 4 is 17.0 Å². The summed E-state index contributed by atoms with van der Waals surface area (Å²) in [5, 5.41) is 12.9. The van der Waals surface area contributed by atoms with E-state index in [-0.39, 0.29) is 18.5 Å². The maximum atomic E-state index is 9.19. The van der Waals surface area contributed by atoms with Gasteiger partial charge < -0.3 is 15.6 Å². The summed E-state index contributed by atoms with van der Waals surface area (Å²) in [5.41, 5.74) is 15.3. The molecule has 10 heteroatoms. The lowest BCUT2D eigenvalue weighted by molar-refractivity contribution is -0.0238. The molecule has 0 aromatic carbocycles. The van der Waals surface area contributed by atoms with E-state index in [0.29, 0.717) is 17.6 Å². The summed E-state index contributed by atoms with van der Waals surface area (Å²) in [7, 11) is 0. The summed E-state index contributed by atoms with van der Waals surface area (Å²) in [6, 6.07) is -0.439. The van der Waals surface area contributed by atoms with Crippen LogP contribution in [0.15, 0.2) is 17.8 Å². The van der Waals surface area contributed by atoms with E-state index < -0.39 is 12.3 Å². The van der Waals surface area contributed by atoms with Crippen molar-refractivity contribution < 1.29 is 9.84 Å². The van der Waals surface area contributed by atoms with Crippen LogP contribution in [0.3, 0.4) is 0 Å². The highest BCUT2D eigenvalue weighted by molar-refractivity contribution is 5.81. The second-order valence-corrected chi connectivity index (χ2v) is 4.42. The van der Waals surface area contributed by atoms with Gasteiger partial charge >= 0.3 is 0 Å². The zero-order valence-corrected chi connectivity index (χ0v) is 10.4. The number of aromatic nitrogens is 4. The van der Waals surface area contributed by atoms with Crippen molar-refractivity contribution in [2.24, 2.45) is 5.11 Å². The second kappa shape index (κ2) is 4.93. The Bertz CT molecular complexity index is 679. The molecule has 1 fully saturated rings. The van der Waals surface area contributed by atoms with Gasteiger partial charge in [-0.15, -0.1) is 0 Å². The highest BCUT2D eigenvalue weighted by Gasteiger charge is 2.36. The summed E-state index contributed by atoms with van der Waals surface area (Å²) in [6.07, 6.45) is 2.33. The van der Waals surface area contributed by atoms with Gasteiger partial charge in [-0.05, 0) is 12.0 Å². The number of azide groups is 1. The molecule has 1 saturated heterocycles. The van der Waals surface area contributed by atoms with Gasteiger partial charge in [-0.2, -0.15) is 0 Å². The first-order chi connectivity index (χ1) is 9.74. The third kappa shape index (κ3) is 1.92. The molecule has 0 spiro atoms. The average Bonchev–Trinajstić information content (AvgIpc) is 3.03. The third-order valence-corrected chi connectivity index (χ3v) is 3.23. The molecule has 3 heterocycles. The number of hydrogen-bond acceptors (Lipinski definition) is 7. The Morgan fingerprint density at radius 2 is 2.40 bits per heavy atom. The molecule has 0 bridgehead atoms. The highest BCUT2D eigenvalue weighted by Crippen LogP contribution is 2.33. The minimum atomic E-state index is -0.567. The maximum Gasteiger partial charge on any atom is 0.167 e. The molecule has 0 amide bonds. The quantitative estimate of drug-likeness (QED) is 0.470. The van der Waals surface area contributed by atoms with Crippen LogP contribution in [-0.4, -0.2) is 43.4 Å². The van der Waals surface area contributed by atoms with Gasteiger partial charge in [-0.3, -0.25) is 4.57 Å². The van der Waals surface area contributed by atoms with Crippen LogP contribution in [0.4, 0.5) is 5.82 Å². The van der Waals surface area contributed by atoms with E-state index in [9.17, 15) is 5.11 Å². The smallest absolute Gasteiger partial charge is 0.167 e. The average molecular weight is 276 g/mol. The number of nitrogen functional groups attached to an aromatic ring is 1.